The van der Waals surface area contributed by atoms with Crippen LogP contribution in [0.4, 0.5) is 0 Å². The van der Waals surface area contributed by atoms with E-state index in [9.17, 15) is 0 Å². The largest absolute Gasteiger partial charge is 0.362 e. The van der Waals surface area contributed by atoms with Gasteiger partial charge in [0.05, 0.1) is 6.10 Å². The fourth-order valence-electron chi connectivity index (χ4n) is 1.50. The predicted octanol–water partition coefficient (Wildman–Crippen LogP) is 3.13. The number of hydrogen-bond acceptors (Lipinski definition) is 1. The van der Waals surface area contributed by atoms with E-state index in [1.807, 2.05) is 0 Å². The molecule has 0 bridgehead atoms. The molecule has 0 aromatic rings. The van der Waals surface area contributed by atoms with Gasteiger partial charge in [0, 0.05) is 0 Å². The lowest BCUT2D eigenvalue weighted by Crippen LogP contribution is -2.14. The lowest BCUT2D eigenvalue weighted by atomic mass is 9.99. The average Bonchev–Trinajstić information content (AvgIpc) is 1.94. The van der Waals surface area contributed by atoms with E-state index in [1.54, 1.807) is 0 Å². The monoisotopic (exact) mass is 175 g/mol. The van der Waals surface area contributed by atoms with Crippen molar-refractivity contribution in [3.8, 4) is 0 Å². The van der Waals surface area contributed by atoms with Gasteiger partial charge in [-0.3, -0.25) is 0 Å². The molecular weight excluding hydrogens is 160 g/mol. The van der Waals surface area contributed by atoms with Crippen LogP contribution in [0, 0.1) is 6.42 Å². The van der Waals surface area contributed by atoms with Crippen molar-refractivity contribution in [2.45, 2.75) is 44.6 Å². The minimum absolute atomic E-state index is 0.327. The van der Waals surface area contributed by atoms with E-state index in [2.05, 4.69) is 6.42 Å². The Morgan fingerprint density at radius 1 is 1.27 bits per heavy atom. The highest BCUT2D eigenvalue weighted by Gasteiger charge is 2.10. The molecule has 0 aliphatic heterocycles. The van der Waals surface area contributed by atoms with Crippen molar-refractivity contribution in [2.75, 3.05) is 6.07 Å². The molecule has 1 atom stereocenters. The zero-order valence-corrected chi connectivity index (χ0v) is 7.65. The summed E-state index contributed by atoms with van der Waals surface area (Å²) in [5.74, 6) is 0. The van der Waals surface area contributed by atoms with Gasteiger partial charge in [0.2, 0.25) is 0 Å². The first-order chi connectivity index (χ1) is 5.43. The van der Waals surface area contributed by atoms with Gasteiger partial charge < -0.3 is 4.74 Å². The SMILES string of the molecule is ClCOC1[CH]CCCCCC1. The first-order valence-electron chi connectivity index (χ1n) is 4.44. The van der Waals surface area contributed by atoms with Crippen molar-refractivity contribution < 1.29 is 4.74 Å². The number of hydrogen-bond donors (Lipinski definition) is 0. The van der Waals surface area contributed by atoms with E-state index in [0.717, 1.165) is 6.42 Å². The van der Waals surface area contributed by atoms with E-state index < -0.39 is 0 Å². The third-order valence-electron chi connectivity index (χ3n) is 2.15. The van der Waals surface area contributed by atoms with Crippen molar-refractivity contribution >= 4 is 11.6 Å². The fraction of sp³-hybridized carbons (Fsp3) is 0.889. The zero-order valence-electron chi connectivity index (χ0n) is 6.89. The number of rotatable bonds is 2. The molecule has 0 aromatic carbocycles. The van der Waals surface area contributed by atoms with Gasteiger partial charge in [-0.05, 0) is 19.3 Å². The third-order valence-corrected chi connectivity index (χ3v) is 2.28. The van der Waals surface area contributed by atoms with Crippen LogP contribution in [0.2, 0.25) is 0 Å². The molecule has 2 heteroatoms. The van der Waals surface area contributed by atoms with Gasteiger partial charge >= 0.3 is 0 Å². The van der Waals surface area contributed by atoms with Gasteiger partial charge in [-0.25, -0.2) is 0 Å². The summed E-state index contributed by atoms with van der Waals surface area (Å²) in [5.41, 5.74) is 0. The molecule has 1 saturated carbocycles. The molecule has 0 amide bonds. The highest BCUT2D eigenvalue weighted by atomic mass is 35.5. The van der Waals surface area contributed by atoms with Crippen molar-refractivity contribution in [1.29, 1.82) is 0 Å². The molecule has 1 fully saturated rings. The van der Waals surface area contributed by atoms with Gasteiger partial charge in [0.15, 0.2) is 0 Å². The van der Waals surface area contributed by atoms with Gasteiger partial charge in [0.25, 0.3) is 0 Å². The summed E-state index contributed by atoms with van der Waals surface area (Å²) in [6, 6.07) is 0.334. The summed E-state index contributed by atoms with van der Waals surface area (Å²) < 4.78 is 5.33. The van der Waals surface area contributed by atoms with Crippen LogP contribution in [0.25, 0.3) is 0 Å². The summed E-state index contributed by atoms with van der Waals surface area (Å²) in [4.78, 5) is 0. The molecule has 0 spiro atoms. The van der Waals surface area contributed by atoms with Crippen LogP contribution in [-0.4, -0.2) is 12.2 Å². The topological polar surface area (TPSA) is 9.23 Å². The molecule has 0 aromatic heterocycles. The molecule has 1 aliphatic rings. The van der Waals surface area contributed by atoms with Crippen LogP contribution < -0.4 is 0 Å². The Labute approximate surface area is 74.1 Å². The highest BCUT2D eigenvalue weighted by molar-refractivity contribution is 6.17. The van der Waals surface area contributed by atoms with Crippen LogP contribution >= 0.6 is 11.6 Å². The maximum atomic E-state index is 5.49. The van der Waals surface area contributed by atoms with Gasteiger partial charge in [-0.2, -0.15) is 0 Å². The first kappa shape index (κ1) is 9.34. The first-order valence-corrected chi connectivity index (χ1v) is 4.98. The fourth-order valence-corrected chi connectivity index (χ4v) is 1.66. The third kappa shape index (κ3) is 3.97. The summed E-state index contributed by atoms with van der Waals surface area (Å²) >= 11 is 5.49. The Morgan fingerprint density at radius 3 is 2.91 bits per heavy atom. The summed E-state index contributed by atoms with van der Waals surface area (Å²) in [7, 11) is 0. The van der Waals surface area contributed by atoms with Crippen LogP contribution in [0.1, 0.15) is 38.5 Å². The second-order valence-corrected chi connectivity index (χ2v) is 3.26. The molecule has 65 valence electrons. The Hall–Kier alpha value is 0.250. The van der Waals surface area contributed by atoms with E-state index in [-0.39, 0.29) is 0 Å². The summed E-state index contributed by atoms with van der Waals surface area (Å²) in [6.07, 6.45) is 10.3. The molecule has 1 nitrogen and oxygen atoms in total. The molecule has 0 N–H and O–H groups in total. The Morgan fingerprint density at radius 2 is 2.09 bits per heavy atom. The van der Waals surface area contributed by atoms with Crippen molar-refractivity contribution in [3.63, 3.8) is 0 Å². The maximum Gasteiger partial charge on any atom is 0.121 e. The molecule has 1 unspecified atom stereocenters. The molecule has 0 saturated heterocycles. The van der Waals surface area contributed by atoms with E-state index in [4.69, 9.17) is 16.3 Å². The van der Waals surface area contributed by atoms with Gasteiger partial charge in [-0.15, -0.1) is 0 Å². The van der Waals surface area contributed by atoms with Gasteiger partial charge in [-0.1, -0.05) is 37.3 Å². The number of halogens is 1. The molecule has 1 radical (unpaired) electrons. The van der Waals surface area contributed by atoms with Crippen LogP contribution in [0.15, 0.2) is 0 Å². The van der Waals surface area contributed by atoms with Crippen molar-refractivity contribution in [1.82, 2.24) is 0 Å². The standard InChI is InChI=1S/C9H16ClO/c10-8-11-9-6-4-2-1-3-5-7-9/h6,9H,1-5,7-8H2. The number of alkyl halides is 1. The molecule has 1 aliphatic carbocycles. The quantitative estimate of drug-likeness (QED) is 0.586. The van der Waals surface area contributed by atoms with Gasteiger partial charge in [0.1, 0.15) is 6.07 Å². The Balaban J connectivity index is 2.15. The average molecular weight is 176 g/mol. The van der Waals surface area contributed by atoms with E-state index in [1.165, 1.54) is 32.1 Å². The molecule has 0 heterocycles. The normalized spacial score (nSPS) is 22.6. The minimum Gasteiger partial charge on any atom is -0.362 e. The smallest absolute Gasteiger partial charge is 0.121 e. The predicted molar refractivity (Wildman–Crippen MR) is 47.6 cm³/mol. The number of ether oxygens (including phenoxy) is 1. The van der Waals surface area contributed by atoms with Crippen LogP contribution in [0.5, 0.6) is 0 Å². The summed E-state index contributed by atoms with van der Waals surface area (Å²) in [5, 5.41) is 0. The second-order valence-electron chi connectivity index (χ2n) is 3.04. The highest BCUT2D eigenvalue weighted by Crippen LogP contribution is 2.18. The van der Waals surface area contributed by atoms with Crippen LogP contribution in [-0.2, 0) is 4.74 Å². The Bertz CT molecular complexity index is 87.6. The zero-order chi connectivity index (χ0) is 7.94. The Kier molecular flexibility index (Phi) is 4.96. The van der Waals surface area contributed by atoms with Crippen LogP contribution in [0.3, 0.4) is 0 Å². The lowest BCUT2D eigenvalue weighted by molar-refractivity contribution is 0.0969. The minimum atomic E-state index is 0.327. The molecular formula is C9H16ClO. The van der Waals surface area contributed by atoms with Crippen molar-refractivity contribution in [3.05, 3.63) is 6.42 Å². The van der Waals surface area contributed by atoms with Crippen molar-refractivity contribution in [2.24, 2.45) is 0 Å². The maximum absolute atomic E-state index is 5.49. The molecule has 1 rings (SSSR count). The lowest BCUT2D eigenvalue weighted by Gasteiger charge is -2.18. The second kappa shape index (κ2) is 5.84. The molecule has 11 heavy (non-hydrogen) atoms. The van der Waals surface area contributed by atoms with E-state index >= 15 is 0 Å². The summed E-state index contributed by atoms with van der Waals surface area (Å²) in [6.45, 7) is 0. The van der Waals surface area contributed by atoms with E-state index in [0.29, 0.717) is 12.2 Å².